The molecular formula is C20H17ClF3N3O. The fourth-order valence-corrected chi connectivity index (χ4v) is 3.86. The molecule has 0 saturated heterocycles. The van der Waals surface area contributed by atoms with E-state index in [1.54, 1.807) is 13.0 Å². The van der Waals surface area contributed by atoms with E-state index in [1.807, 2.05) is 13.8 Å². The standard InChI is InChI=1S/C20H17ClF3N3O/c1-10-12-7-13-15(8-19(2,3)9-17(13)28)25-18(12)27(26-10)16-6-11(20(22,23)24)4-5-14(16)21/h4-7H,8-9H2,1-3H3. The second-order valence-corrected chi connectivity index (χ2v) is 8.36. The number of ketones is 1. The van der Waals surface area contributed by atoms with Crippen LogP contribution in [0.5, 0.6) is 0 Å². The van der Waals surface area contributed by atoms with Gasteiger partial charge in [-0.05, 0) is 43.0 Å². The highest BCUT2D eigenvalue weighted by atomic mass is 35.5. The topological polar surface area (TPSA) is 47.8 Å². The zero-order valence-electron chi connectivity index (χ0n) is 15.5. The van der Waals surface area contributed by atoms with Crippen molar-refractivity contribution in [1.29, 1.82) is 0 Å². The Bertz CT molecular complexity index is 1130. The van der Waals surface area contributed by atoms with Crippen LogP contribution in [0.3, 0.4) is 0 Å². The maximum absolute atomic E-state index is 13.2. The first-order valence-corrected chi connectivity index (χ1v) is 9.14. The van der Waals surface area contributed by atoms with Crippen LogP contribution in [0.1, 0.15) is 47.6 Å². The molecule has 1 aromatic carbocycles. The lowest BCUT2D eigenvalue weighted by Gasteiger charge is -2.29. The minimum absolute atomic E-state index is 0.0184. The third-order valence-corrected chi connectivity index (χ3v) is 5.33. The summed E-state index contributed by atoms with van der Waals surface area (Å²) >= 11 is 6.19. The van der Waals surface area contributed by atoms with Crippen molar-refractivity contribution in [2.24, 2.45) is 5.41 Å². The molecule has 0 saturated carbocycles. The van der Waals surface area contributed by atoms with Gasteiger partial charge in [-0.15, -0.1) is 0 Å². The van der Waals surface area contributed by atoms with Crippen LogP contribution in [0.2, 0.25) is 5.02 Å². The summed E-state index contributed by atoms with van der Waals surface area (Å²) in [4.78, 5) is 17.2. The zero-order chi connectivity index (χ0) is 20.4. The molecule has 0 N–H and O–H groups in total. The number of aromatic nitrogens is 3. The lowest BCUT2D eigenvalue weighted by molar-refractivity contribution is -0.137. The lowest BCUT2D eigenvalue weighted by atomic mass is 9.75. The Balaban J connectivity index is 1.97. The smallest absolute Gasteiger partial charge is 0.294 e. The van der Waals surface area contributed by atoms with Crippen molar-refractivity contribution in [3.8, 4) is 5.69 Å². The Labute approximate surface area is 164 Å². The molecular weight excluding hydrogens is 391 g/mol. The first-order chi connectivity index (χ1) is 13.0. The molecule has 4 nitrogen and oxygen atoms in total. The molecule has 28 heavy (non-hydrogen) atoms. The molecule has 1 aliphatic rings. The molecule has 0 bridgehead atoms. The average molecular weight is 408 g/mol. The molecule has 0 fully saturated rings. The SMILES string of the molecule is Cc1nn(-c2cc(C(F)(F)F)ccc2Cl)c2nc3c(cc12)C(=O)CC(C)(C)C3. The van der Waals surface area contributed by atoms with Crippen molar-refractivity contribution in [1.82, 2.24) is 14.8 Å². The molecule has 0 unspecified atom stereocenters. The van der Waals surface area contributed by atoms with E-state index in [0.717, 1.165) is 12.1 Å². The average Bonchev–Trinajstić information content (AvgIpc) is 2.88. The molecule has 8 heteroatoms. The van der Waals surface area contributed by atoms with Gasteiger partial charge in [0, 0.05) is 17.4 Å². The Kier molecular flexibility index (Phi) is 4.08. The van der Waals surface area contributed by atoms with Gasteiger partial charge >= 0.3 is 6.18 Å². The van der Waals surface area contributed by atoms with Crippen LogP contribution in [-0.4, -0.2) is 20.5 Å². The number of fused-ring (bicyclic) bond motifs is 2. The zero-order valence-corrected chi connectivity index (χ0v) is 16.2. The number of carbonyl (C=O) groups is 1. The number of Topliss-reactive ketones (excluding diaryl/α,β-unsaturated/α-hetero) is 1. The largest absolute Gasteiger partial charge is 0.416 e. The van der Waals surface area contributed by atoms with Crippen LogP contribution in [0.15, 0.2) is 24.3 Å². The van der Waals surface area contributed by atoms with Crippen molar-refractivity contribution in [2.45, 2.75) is 39.8 Å². The maximum Gasteiger partial charge on any atom is 0.416 e. The van der Waals surface area contributed by atoms with Gasteiger partial charge in [0.25, 0.3) is 0 Å². The van der Waals surface area contributed by atoms with Gasteiger partial charge in [-0.2, -0.15) is 18.3 Å². The van der Waals surface area contributed by atoms with Crippen LogP contribution in [-0.2, 0) is 12.6 Å². The molecule has 0 amide bonds. The molecule has 0 radical (unpaired) electrons. The lowest BCUT2D eigenvalue weighted by Crippen LogP contribution is -2.28. The second-order valence-electron chi connectivity index (χ2n) is 7.96. The van der Waals surface area contributed by atoms with Crippen molar-refractivity contribution in [3.63, 3.8) is 0 Å². The summed E-state index contributed by atoms with van der Waals surface area (Å²) in [6.45, 7) is 5.71. The molecule has 2 heterocycles. The van der Waals surface area contributed by atoms with E-state index in [-0.39, 0.29) is 21.9 Å². The number of aryl methyl sites for hydroxylation is 1. The van der Waals surface area contributed by atoms with Gasteiger partial charge in [0.05, 0.1) is 27.7 Å². The minimum Gasteiger partial charge on any atom is -0.294 e. The first-order valence-electron chi connectivity index (χ1n) is 8.76. The Morgan fingerprint density at radius 2 is 1.89 bits per heavy atom. The van der Waals surface area contributed by atoms with E-state index in [0.29, 0.717) is 40.8 Å². The number of carbonyl (C=O) groups excluding carboxylic acids is 1. The molecule has 0 spiro atoms. The van der Waals surface area contributed by atoms with Crippen LogP contribution < -0.4 is 0 Å². The van der Waals surface area contributed by atoms with Crippen LogP contribution in [0, 0.1) is 12.3 Å². The summed E-state index contributed by atoms with van der Waals surface area (Å²) in [5, 5.41) is 5.13. The van der Waals surface area contributed by atoms with Gasteiger partial charge in [0.2, 0.25) is 0 Å². The van der Waals surface area contributed by atoms with Gasteiger partial charge < -0.3 is 0 Å². The van der Waals surface area contributed by atoms with E-state index in [4.69, 9.17) is 11.6 Å². The number of halogens is 4. The van der Waals surface area contributed by atoms with Crippen molar-refractivity contribution in [2.75, 3.05) is 0 Å². The quantitative estimate of drug-likeness (QED) is 0.531. The van der Waals surface area contributed by atoms with E-state index < -0.39 is 11.7 Å². The normalized spacial score (nSPS) is 16.5. The van der Waals surface area contributed by atoms with Gasteiger partial charge in [-0.1, -0.05) is 25.4 Å². The summed E-state index contributed by atoms with van der Waals surface area (Å²) < 4.78 is 40.8. The van der Waals surface area contributed by atoms with E-state index in [9.17, 15) is 18.0 Å². The first kappa shape index (κ1) is 18.9. The summed E-state index contributed by atoms with van der Waals surface area (Å²) in [6, 6.07) is 4.84. The van der Waals surface area contributed by atoms with Crippen LogP contribution in [0.25, 0.3) is 16.7 Å². The number of rotatable bonds is 1. The summed E-state index contributed by atoms with van der Waals surface area (Å²) in [5.74, 6) is 0.0184. The Hall–Kier alpha value is -2.41. The summed E-state index contributed by atoms with van der Waals surface area (Å²) in [6.07, 6.45) is -3.47. The molecule has 0 aliphatic heterocycles. The number of benzene rings is 1. The van der Waals surface area contributed by atoms with Gasteiger partial charge in [0.15, 0.2) is 11.4 Å². The van der Waals surface area contributed by atoms with Crippen molar-refractivity contribution in [3.05, 3.63) is 51.8 Å². The highest BCUT2D eigenvalue weighted by molar-refractivity contribution is 6.32. The number of nitrogens with zero attached hydrogens (tertiary/aromatic N) is 3. The van der Waals surface area contributed by atoms with Crippen LogP contribution >= 0.6 is 11.6 Å². The molecule has 0 atom stereocenters. The molecule has 2 aromatic heterocycles. The number of alkyl halides is 3. The van der Waals surface area contributed by atoms with Crippen molar-refractivity contribution < 1.29 is 18.0 Å². The molecule has 1 aliphatic carbocycles. The Morgan fingerprint density at radius 1 is 1.18 bits per heavy atom. The van der Waals surface area contributed by atoms with Gasteiger partial charge in [0.1, 0.15) is 0 Å². The number of pyridine rings is 1. The fraction of sp³-hybridized carbons (Fsp3) is 0.350. The number of hydrogen-bond acceptors (Lipinski definition) is 3. The third-order valence-electron chi connectivity index (χ3n) is 5.01. The monoisotopic (exact) mass is 407 g/mol. The summed E-state index contributed by atoms with van der Waals surface area (Å²) in [5.41, 5.74) is 1.21. The third kappa shape index (κ3) is 3.07. The summed E-state index contributed by atoms with van der Waals surface area (Å²) in [7, 11) is 0. The molecule has 3 aromatic rings. The number of hydrogen-bond donors (Lipinski definition) is 0. The Morgan fingerprint density at radius 3 is 2.57 bits per heavy atom. The molecule has 4 rings (SSSR count). The highest BCUT2D eigenvalue weighted by Crippen LogP contribution is 2.37. The predicted molar refractivity (Wildman–Crippen MR) is 100 cm³/mol. The van der Waals surface area contributed by atoms with Crippen molar-refractivity contribution >= 4 is 28.4 Å². The second kappa shape index (κ2) is 6.04. The van der Waals surface area contributed by atoms with Crippen LogP contribution in [0.4, 0.5) is 13.2 Å². The van der Waals surface area contributed by atoms with E-state index in [2.05, 4.69) is 10.1 Å². The van der Waals surface area contributed by atoms with Gasteiger partial charge in [-0.25, -0.2) is 9.67 Å². The van der Waals surface area contributed by atoms with E-state index >= 15 is 0 Å². The highest BCUT2D eigenvalue weighted by Gasteiger charge is 2.34. The molecule has 146 valence electrons. The fourth-order valence-electron chi connectivity index (χ4n) is 3.66. The minimum atomic E-state index is -4.50. The van der Waals surface area contributed by atoms with Gasteiger partial charge in [-0.3, -0.25) is 4.79 Å². The predicted octanol–water partition coefficient (Wildman–Crippen LogP) is 5.56. The van der Waals surface area contributed by atoms with E-state index in [1.165, 1.54) is 10.7 Å². The maximum atomic E-state index is 13.2.